The molecule has 3 N–H and O–H groups in total. The Morgan fingerprint density at radius 1 is 1.29 bits per heavy atom. The summed E-state index contributed by atoms with van der Waals surface area (Å²) in [6, 6.07) is 9.76. The summed E-state index contributed by atoms with van der Waals surface area (Å²) >= 11 is 3.43. The van der Waals surface area contributed by atoms with Crippen molar-refractivity contribution in [1.29, 1.82) is 0 Å². The number of oxime groups is 1. The Labute approximate surface area is 129 Å². The monoisotopic (exact) mass is 344 g/mol. The lowest BCUT2D eigenvalue weighted by Crippen LogP contribution is -2.12. The van der Waals surface area contributed by atoms with Crippen LogP contribution in [0.3, 0.4) is 0 Å². The first-order valence-electron chi connectivity index (χ1n) is 6.33. The fourth-order valence-electron chi connectivity index (χ4n) is 2.29. The number of fused-ring (bicyclic) bond motifs is 1. The molecule has 5 nitrogen and oxygen atoms in total. The van der Waals surface area contributed by atoms with Gasteiger partial charge in [-0.3, -0.25) is 4.98 Å². The number of benzene rings is 1. The highest BCUT2D eigenvalue weighted by Crippen LogP contribution is 2.20. The summed E-state index contributed by atoms with van der Waals surface area (Å²) in [6.07, 6.45) is 5.63. The summed E-state index contributed by atoms with van der Waals surface area (Å²) in [4.78, 5) is 4.17. The van der Waals surface area contributed by atoms with E-state index in [1.807, 2.05) is 42.7 Å². The van der Waals surface area contributed by atoms with Crippen LogP contribution in [-0.4, -0.2) is 20.6 Å². The van der Waals surface area contributed by atoms with Crippen molar-refractivity contribution < 1.29 is 5.21 Å². The minimum atomic E-state index is 0.112. The second kappa shape index (κ2) is 5.57. The summed E-state index contributed by atoms with van der Waals surface area (Å²) in [7, 11) is 0. The van der Waals surface area contributed by atoms with Gasteiger partial charge in [0.25, 0.3) is 0 Å². The van der Waals surface area contributed by atoms with Gasteiger partial charge in [0.1, 0.15) is 0 Å². The Hall–Kier alpha value is -2.34. The molecule has 6 heteroatoms. The van der Waals surface area contributed by atoms with Crippen LogP contribution < -0.4 is 5.73 Å². The average molecular weight is 345 g/mol. The van der Waals surface area contributed by atoms with E-state index in [1.165, 1.54) is 0 Å². The Kier molecular flexibility index (Phi) is 3.62. The third kappa shape index (κ3) is 2.75. The van der Waals surface area contributed by atoms with Crippen molar-refractivity contribution in [3.8, 4) is 0 Å². The number of nitrogens with zero attached hydrogens (tertiary/aromatic N) is 3. The van der Waals surface area contributed by atoms with Crippen molar-refractivity contribution in [3.05, 3.63) is 64.5 Å². The van der Waals surface area contributed by atoms with Gasteiger partial charge in [0.2, 0.25) is 0 Å². The standard InChI is InChI=1S/C15H13BrN4O/c16-13-5-10(7-18-8-13)9-20-4-3-11-6-12(15(17)19-21)1-2-14(11)20/h1-8,21H,9H2,(H2,17,19). The summed E-state index contributed by atoms with van der Waals surface area (Å²) in [6.45, 7) is 0.735. The van der Waals surface area contributed by atoms with E-state index in [0.717, 1.165) is 27.5 Å². The highest BCUT2D eigenvalue weighted by molar-refractivity contribution is 9.10. The second-order valence-corrected chi connectivity index (χ2v) is 5.63. The van der Waals surface area contributed by atoms with Gasteiger partial charge in [0.05, 0.1) is 0 Å². The molecule has 0 amide bonds. The molecule has 3 aromatic rings. The lowest BCUT2D eigenvalue weighted by atomic mass is 10.1. The lowest BCUT2D eigenvalue weighted by molar-refractivity contribution is 0.318. The third-order valence-electron chi connectivity index (χ3n) is 3.29. The molecule has 0 fully saturated rings. The van der Waals surface area contributed by atoms with Gasteiger partial charge in [-0.25, -0.2) is 0 Å². The van der Waals surface area contributed by atoms with Gasteiger partial charge in [-0.15, -0.1) is 0 Å². The van der Waals surface area contributed by atoms with E-state index in [0.29, 0.717) is 5.56 Å². The molecule has 0 aliphatic rings. The average Bonchev–Trinajstić information content (AvgIpc) is 2.89. The van der Waals surface area contributed by atoms with Gasteiger partial charge in [-0.2, -0.15) is 0 Å². The third-order valence-corrected chi connectivity index (χ3v) is 3.72. The summed E-state index contributed by atoms with van der Waals surface area (Å²) in [5.41, 5.74) is 8.51. The molecular weight excluding hydrogens is 332 g/mol. The molecule has 0 unspecified atom stereocenters. The van der Waals surface area contributed by atoms with Gasteiger partial charge >= 0.3 is 0 Å². The predicted molar refractivity (Wildman–Crippen MR) is 85.5 cm³/mol. The molecule has 0 spiro atoms. The van der Waals surface area contributed by atoms with Crippen molar-refractivity contribution in [2.75, 3.05) is 0 Å². The highest BCUT2D eigenvalue weighted by Gasteiger charge is 2.06. The van der Waals surface area contributed by atoms with E-state index in [9.17, 15) is 0 Å². The minimum absolute atomic E-state index is 0.112. The van der Waals surface area contributed by atoms with E-state index in [4.69, 9.17) is 10.9 Å². The van der Waals surface area contributed by atoms with Crippen molar-refractivity contribution in [1.82, 2.24) is 9.55 Å². The van der Waals surface area contributed by atoms with Crippen LogP contribution in [0.4, 0.5) is 0 Å². The molecule has 0 radical (unpaired) electrons. The normalized spacial score (nSPS) is 12.0. The van der Waals surface area contributed by atoms with Crippen molar-refractivity contribution in [2.45, 2.75) is 6.54 Å². The van der Waals surface area contributed by atoms with Crippen LogP contribution >= 0.6 is 15.9 Å². The molecule has 2 aromatic heterocycles. The molecule has 0 aliphatic heterocycles. The summed E-state index contributed by atoms with van der Waals surface area (Å²) in [5.74, 6) is 0.112. The molecule has 0 atom stereocenters. The second-order valence-electron chi connectivity index (χ2n) is 4.71. The maximum Gasteiger partial charge on any atom is 0.170 e. The van der Waals surface area contributed by atoms with Crippen LogP contribution in [0.25, 0.3) is 10.9 Å². The Morgan fingerprint density at radius 2 is 2.14 bits per heavy atom. The van der Waals surface area contributed by atoms with Crippen LogP contribution in [0.2, 0.25) is 0 Å². The first kappa shape index (κ1) is 13.6. The SMILES string of the molecule is N/C(=N/O)c1ccc2c(ccn2Cc2cncc(Br)c2)c1. The number of rotatable bonds is 3. The van der Waals surface area contributed by atoms with Crippen molar-refractivity contribution in [3.63, 3.8) is 0 Å². The van der Waals surface area contributed by atoms with Gasteiger partial charge in [-0.1, -0.05) is 5.16 Å². The molecule has 0 aliphatic carbocycles. The van der Waals surface area contributed by atoms with Crippen molar-refractivity contribution >= 4 is 32.7 Å². The highest BCUT2D eigenvalue weighted by atomic mass is 79.9. The number of nitrogens with two attached hydrogens (primary N) is 1. The fourth-order valence-corrected chi connectivity index (χ4v) is 2.71. The van der Waals surface area contributed by atoms with Crippen LogP contribution in [0.1, 0.15) is 11.1 Å². The van der Waals surface area contributed by atoms with E-state index >= 15 is 0 Å². The number of halogens is 1. The number of hydrogen-bond donors (Lipinski definition) is 2. The summed E-state index contributed by atoms with van der Waals surface area (Å²) < 4.78 is 3.10. The van der Waals surface area contributed by atoms with Crippen LogP contribution in [0.15, 0.2) is 58.6 Å². The predicted octanol–water partition coefficient (Wildman–Crippen LogP) is 2.94. The first-order chi connectivity index (χ1) is 10.2. The Bertz CT molecular complexity index is 825. The molecule has 106 valence electrons. The maximum absolute atomic E-state index is 8.73. The zero-order valence-corrected chi connectivity index (χ0v) is 12.7. The zero-order chi connectivity index (χ0) is 14.8. The molecule has 21 heavy (non-hydrogen) atoms. The van der Waals surface area contributed by atoms with Gasteiger partial charge < -0.3 is 15.5 Å². The molecular formula is C15H13BrN4O. The quantitative estimate of drug-likeness (QED) is 0.332. The number of amidine groups is 1. The fraction of sp³-hybridized carbons (Fsp3) is 0.0667. The van der Waals surface area contributed by atoms with E-state index in [2.05, 4.69) is 30.6 Å². The lowest BCUT2D eigenvalue weighted by Gasteiger charge is -2.06. The van der Waals surface area contributed by atoms with E-state index in [1.54, 1.807) is 6.20 Å². The molecule has 1 aromatic carbocycles. The topological polar surface area (TPSA) is 76.4 Å². The van der Waals surface area contributed by atoms with Crippen LogP contribution in [0.5, 0.6) is 0 Å². The smallest absolute Gasteiger partial charge is 0.170 e. The maximum atomic E-state index is 8.73. The number of hydrogen-bond acceptors (Lipinski definition) is 3. The van der Waals surface area contributed by atoms with Crippen molar-refractivity contribution in [2.24, 2.45) is 10.9 Å². The van der Waals surface area contributed by atoms with Gasteiger partial charge in [0, 0.05) is 46.1 Å². The van der Waals surface area contributed by atoms with E-state index < -0.39 is 0 Å². The number of aromatic nitrogens is 2. The van der Waals surface area contributed by atoms with Gasteiger partial charge in [0.15, 0.2) is 5.84 Å². The van der Waals surface area contributed by atoms with E-state index in [-0.39, 0.29) is 5.84 Å². The van der Waals surface area contributed by atoms with Crippen LogP contribution in [0, 0.1) is 0 Å². The first-order valence-corrected chi connectivity index (χ1v) is 7.13. The molecule has 3 rings (SSSR count). The summed E-state index contributed by atoms with van der Waals surface area (Å²) in [5, 5.41) is 12.8. The zero-order valence-electron chi connectivity index (χ0n) is 11.1. The number of pyridine rings is 1. The Morgan fingerprint density at radius 3 is 2.90 bits per heavy atom. The largest absolute Gasteiger partial charge is 0.409 e. The Balaban J connectivity index is 1.97. The van der Waals surface area contributed by atoms with Gasteiger partial charge in [-0.05, 0) is 51.8 Å². The minimum Gasteiger partial charge on any atom is -0.409 e. The molecule has 0 saturated carbocycles. The van der Waals surface area contributed by atoms with Crippen LogP contribution in [-0.2, 0) is 6.54 Å². The molecule has 2 heterocycles. The molecule has 0 bridgehead atoms. The molecule has 0 saturated heterocycles.